The van der Waals surface area contributed by atoms with Crippen molar-refractivity contribution in [3.63, 3.8) is 0 Å². The van der Waals surface area contributed by atoms with E-state index in [0.717, 1.165) is 12.1 Å². The zero-order valence-corrected chi connectivity index (χ0v) is 13.7. The molecule has 1 N–H and O–H groups in total. The summed E-state index contributed by atoms with van der Waals surface area (Å²) in [6.45, 7) is 5.95. The molecule has 3 rings (SSSR count). The summed E-state index contributed by atoms with van der Waals surface area (Å²) in [7, 11) is 0. The molecule has 1 aliphatic carbocycles. The van der Waals surface area contributed by atoms with Gasteiger partial charge in [-0.15, -0.1) is 0 Å². The molecule has 0 bridgehead atoms. The van der Waals surface area contributed by atoms with Gasteiger partial charge in [0.15, 0.2) is 5.78 Å². The zero-order chi connectivity index (χ0) is 16.6. The van der Waals surface area contributed by atoms with E-state index in [1.165, 1.54) is 11.1 Å². The molecule has 0 fully saturated rings. The molecule has 23 heavy (non-hydrogen) atoms. The molecule has 0 unspecified atom stereocenters. The number of aromatic nitrogens is 1. The third-order valence-corrected chi connectivity index (χ3v) is 4.52. The lowest BCUT2D eigenvalue weighted by Crippen LogP contribution is -2.18. The van der Waals surface area contributed by atoms with E-state index in [9.17, 15) is 9.59 Å². The van der Waals surface area contributed by atoms with E-state index in [2.05, 4.69) is 29.2 Å². The maximum absolute atomic E-state index is 12.6. The smallest absolute Gasteiger partial charge is 0.355 e. The highest BCUT2D eigenvalue weighted by molar-refractivity contribution is 6.03. The third-order valence-electron chi connectivity index (χ3n) is 4.52. The first kappa shape index (κ1) is 15.5. The summed E-state index contributed by atoms with van der Waals surface area (Å²) < 4.78 is 5.06. The number of nitrogens with one attached hydrogen (secondary N) is 1. The van der Waals surface area contributed by atoms with E-state index in [1.54, 1.807) is 6.92 Å². The lowest BCUT2D eigenvalue weighted by atomic mass is 9.81. The second-order valence-electron chi connectivity index (χ2n) is 6.14. The Kier molecular flexibility index (Phi) is 4.07. The quantitative estimate of drug-likeness (QED) is 0.879. The van der Waals surface area contributed by atoms with Crippen molar-refractivity contribution in [2.24, 2.45) is 0 Å². The van der Waals surface area contributed by atoms with E-state index in [4.69, 9.17) is 4.74 Å². The number of hydrogen-bond acceptors (Lipinski definition) is 3. The van der Waals surface area contributed by atoms with Gasteiger partial charge < -0.3 is 9.72 Å². The van der Waals surface area contributed by atoms with Crippen LogP contribution in [0.3, 0.4) is 0 Å². The molecular weight excluding hydrogens is 290 g/mol. The minimum Gasteiger partial charge on any atom is -0.461 e. The standard InChI is InChI=1S/C19H21NO3/c1-4-23-19(22)18-12(3)17-15(20-18)9-14(10-16(17)21)13-7-5-11(2)6-8-13/h5-8,14,20H,4,9-10H2,1-3H3/t14-/m0/s1. The van der Waals surface area contributed by atoms with Crippen LogP contribution in [0.4, 0.5) is 0 Å². The Morgan fingerprint density at radius 1 is 1.22 bits per heavy atom. The molecule has 0 radical (unpaired) electrons. The fourth-order valence-corrected chi connectivity index (χ4v) is 3.32. The van der Waals surface area contributed by atoms with Crippen LogP contribution in [0.5, 0.6) is 0 Å². The zero-order valence-electron chi connectivity index (χ0n) is 13.7. The van der Waals surface area contributed by atoms with Crippen molar-refractivity contribution in [2.45, 2.75) is 39.5 Å². The molecule has 1 aromatic heterocycles. The largest absolute Gasteiger partial charge is 0.461 e. The molecule has 1 atom stereocenters. The first-order valence-electron chi connectivity index (χ1n) is 7.99. The van der Waals surface area contributed by atoms with E-state index >= 15 is 0 Å². The minimum atomic E-state index is -0.390. The summed E-state index contributed by atoms with van der Waals surface area (Å²) in [6.07, 6.45) is 1.22. The topological polar surface area (TPSA) is 59.2 Å². The van der Waals surface area contributed by atoms with Crippen molar-refractivity contribution in [3.8, 4) is 0 Å². The molecular formula is C19H21NO3. The number of aryl methyl sites for hydroxylation is 1. The van der Waals surface area contributed by atoms with Crippen molar-refractivity contribution in [2.75, 3.05) is 6.61 Å². The number of aromatic amines is 1. The van der Waals surface area contributed by atoms with E-state index in [0.29, 0.717) is 29.8 Å². The van der Waals surface area contributed by atoms with E-state index in [-0.39, 0.29) is 17.7 Å². The fraction of sp³-hybridized carbons (Fsp3) is 0.368. The van der Waals surface area contributed by atoms with Crippen molar-refractivity contribution in [1.29, 1.82) is 0 Å². The molecule has 120 valence electrons. The number of carbonyl (C=O) groups is 2. The van der Waals surface area contributed by atoms with Crippen LogP contribution >= 0.6 is 0 Å². The van der Waals surface area contributed by atoms with Gasteiger partial charge >= 0.3 is 5.97 Å². The summed E-state index contributed by atoms with van der Waals surface area (Å²) >= 11 is 0. The Hall–Kier alpha value is -2.36. The highest BCUT2D eigenvalue weighted by Gasteiger charge is 2.32. The van der Waals surface area contributed by atoms with Gasteiger partial charge in [0.05, 0.1) is 6.61 Å². The Balaban J connectivity index is 1.94. The summed E-state index contributed by atoms with van der Waals surface area (Å²) in [5.74, 6) is -0.135. The van der Waals surface area contributed by atoms with E-state index < -0.39 is 0 Å². The number of Topliss-reactive ketones (excluding diaryl/α,β-unsaturated/α-hetero) is 1. The number of benzene rings is 1. The number of ketones is 1. The maximum atomic E-state index is 12.6. The van der Waals surface area contributed by atoms with Crippen LogP contribution < -0.4 is 0 Å². The lowest BCUT2D eigenvalue weighted by molar-refractivity contribution is 0.0519. The number of rotatable bonds is 3. The summed E-state index contributed by atoms with van der Waals surface area (Å²) in [4.78, 5) is 27.7. The lowest BCUT2D eigenvalue weighted by Gasteiger charge is -2.22. The molecule has 4 nitrogen and oxygen atoms in total. The fourth-order valence-electron chi connectivity index (χ4n) is 3.32. The second-order valence-corrected chi connectivity index (χ2v) is 6.14. The molecule has 0 saturated heterocycles. The Bertz CT molecular complexity index is 756. The van der Waals surface area contributed by atoms with Gasteiger partial charge in [-0.2, -0.15) is 0 Å². The average molecular weight is 311 g/mol. The minimum absolute atomic E-state index is 0.0983. The predicted octanol–water partition coefficient (Wildman–Crippen LogP) is 3.72. The normalized spacial score (nSPS) is 17.0. The van der Waals surface area contributed by atoms with Crippen LogP contribution in [-0.4, -0.2) is 23.3 Å². The number of ether oxygens (including phenoxy) is 1. The van der Waals surface area contributed by atoms with Crippen molar-refractivity contribution in [1.82, 2.24) is 4.98 Å². The number of esters is 1. The molecule has 1 aromatic carbocycles. The van der Waals surface area contributed by atoms with Crippen LogP contribution in [0.15, 0.2) is 24.3 Å². The number of hydrogen-bond donors (Lipinski definition) is 1. The monoisotopic (exact) mass is 311 g/mol. The number of carbonyl (C=O) groups excluding carboxylic acids is 2. The number of H-pyrrole nitrogens is 1. The second kappa shape index (κ2) is 6.03. The van der Waals surface area contributed by atoms with Crippen LogP contribution in [0.1, 0.15) is 62.5 Å². The van der Waals surface area contributed by atoms with Gasteiger partial charge in [-0.3, -0.25) is 4.79 Å². The Morgan fingerprint density at radius 2 is 1.91 bits per heavy atom. The third kappa shape index (κ3) is 2.81. The Morgan fingerprint density at radius 3 is 2.57 bits per heavy atom. The maximum Gasteiger partial charge on any atom is 0.355 e. The van der Waals surface area contributed by atoms with Crippen molar-refractivity contribution in [3.05, 3.63) is 57.9 Å². The van der Waals surface area contributed by atoms with Gasteiger partial charge in [0, 0.05) is 17.7 Å². The van der Waals surface area contributed by atoms with Crippen LogP contribution in [0.2, 0.25) is 0 Å². The van der Waals surface area contributed by atoms with Crippen molar-refractivity contribution >= 4 is 11.8 Å². The van der Waals surface area contributed by atoms with Gasteiger partial charge in [0.25, 0.3) is 0 Å². The summed E-state index contributed by atoms with van der Waals surface area (Å²) in [6, 6.07) is 8.30. The van der Waals surface area contributed by atoms with Crippen LogP contribution in [0.25, 0.3) is 0 Å². The van der Waals surface area contributed by atoms with Crippen LogP contribution in [0, 0.1) is 13.8 Å². The molecule has 0 spiro atoms. The molecule has 1 heterocycles. The molecule has 0 saturated carbocycles. The van der Waals surface area contributed by atoms with E-state index in [1.807, 2.05) is 13.8 Å². The SMILES string of the molecule is CCOC(=O)c1[nH]c2c(c1C)C(=O)C[C@@H](c1ccc(C)cc1)C2. The summed E-state index contributed by atoms with van der Waals surface area (Å²) in [5, 5.41) is 0. The molecule has 0 amide bonds. The van der Waals surface area contributed by atoms with Gasteiger partial charge in [-0.05, 0) is 44.2 Å². The first-order valence-corrected chi connectivity index (χ1v) is 7.99. The molecule has 0 aliphatic heterocycles. The van der Waals surface area contributed by atoms with Gasteiger partial charge in [0.2, 0.25) is 0 Å². The molecule has 2 aromatic rings. The highest BCUT2D eigenvalue weighted by atomic mass is 16.5. The van der Waals surface area contributed by atoms with Gasteiger partial charge in [-0.1, -0.05) is 29.8 Å². The van der Waals surface area contributed by atoms with Gasteiger partial charge in [0.1, 0.15) is 5.69 Å². The number of fused-ring (bicyclic) bond motifs is 1. The molecule has 4 heteroatoms. The summed E-state index contributed by atoms with van der Waals surface area (Å²) in [5.41, 5.74) is 5.03. The molecule has 1 aliphatic rings. The predicted molar refractivity (Wildman–Crippen MR) is 88.1 cm³/mol. The average Bonchev–Trinajstić information content (AvgIpc) is 2.86. The van der Waals surface area contributed by atoms with Crippen LogP contribution in [-0.2, 0) is 11.2 Å². The Labute approximate surface area is 135 Å². The first-order chi connectivity index (χ1) is 11.0. The van der Waals surface area contributed by atoms with Crippen molar-refractivity contribution < 1.29 is 14.3 Å². The van der Waals surface area contributed by atoms with Gasteiger partial charge in [-0.25, -0.2) is 4.79 Å². The highest BCUT2D eigenvalue weighted by Crippen LogP contribution is 2.35.